The molecule has 0 aromatic carbocycles. The van der Waals surface area contributed by atoms with Crippen molar-refractivity contribution in [3.63, 3.8) is 0 Å². The van der Waals surface area contributed by atoms with Crippen molar-refractivity contribution in [1.82, 2.24) is 0 Å². The number of hydrogen-bond donors (Lipinski definition) is 1. The van der Waals surface area contributed by atoms with Crippen LogP contribution in [-0.4, -0.2) is 11.7 Å². The average molecular weight is 110 g/mol. The monoisotopic (exact) mass is 110 g/mol. The highest BCUT2D eigenvalue weighted by molar-refractivity contribution is 5.18. The van der Waals surface area contributed by atoms with Crippen molar-refractivity contribution in [2.24, 2.45) is 0 Å². The summed E-state index contributed by atoms with van der Waals surface area (Å²) in [4.78, 5) is 0. The molecule has 0 saturated heterocycles. The number of aliphatic hydroxyl groups excluding tert-OH is 1. The molecule has 0 spiro atoms. The molecular formula is C7H10O. The Hall–Kier alpha value is -0.740. The molecular weight excluding hydrogens is 100 g/mol. The van der Waals surface area contributed by atoms with Gasteiger partial charge in [0.2, 0.25) is 0 Å². The molecule has 1 nitrogen and oxygen atoms in total. The van der Waals surface area contributed by atoms with Gasteiger partial charge in [0, 0.05) is 0 Å². The lowest BCUT2D eigenvalue weighted by molar-refractivity contribution is 0.331. The van der Waals surface area contributed by atoms with E-state index in [-0.39, 0.29) is 6.61 Å². The zero-order valence-electron chi connectivity index (χ0n) is 5.23. The normalized spacial score (nSPS) is 10.1. The molecule has 0 atom stereocenters. The maximum absolute atomic E-state index is 8.43. The van der Waals surface area contributed by atoms with E-state index < -0.39 is 0 Å². The Labute approximate surface area is 50.0 Å². The molecule has 1 N–H and O–H groups in total. The smallest absolute Gasteiger partial charge is 0.0648 e. The van der Waals surface area contributed by atoms with Crippen LogP contribution in [0.25, 0.3) is 0 Å². The molecule has 0 amide bonds. The maximum Gasteiger partial charge on any atom is 0.0648 e. The number of aliphatic hydroxyl groups is 1. The molecule has 1 heteroatoms. The molecule has 0 radical (unpaired) electrons. The van der Waals surface area contributed by atoms with Gasteiger partial charge < -0.3 is 5.11 Å². The van der Waals surface area contributed by atoms with E-state index in [4.69, 9.17) is 5.11 Å². The Morgan fingerprint density at radius 1 is 1.75 bits per heavy atom. The minimum atomic E-state index is 0.106. The highest BCUT2D eigenvalue weighted by Crippen LogP contribution is 1.85. The fourth-order valence-electron chi connectivity index (χ4n) is 0.241. The first-order chi connectivity index (χ1) is 3.81. The largest absolute Gasteiger partial charge is 0.392 e. The highest BCUT2D eigenvalue weighted by atomic mass is 16.3. The van der Waals surface area contributed by atoms with Crippen LogP contribution in [0, 0.1) is 11.8 Å². The predicted molar refractivity (Wildman–Crippen MR) is 34.3 cm³/mol. The van der Waals surface area contributed by atoms with Gasteiger partial charge in [-0.05, 0) is 25.5 Å². The van der Waals surface area contributed by atoms with Crippen molar-refractivity contribution in [1.29, 1.82) is 0 Å². The molecule has 8 heavy (non-hydrogen) atoms. The first-order valence-electron chi connectivity index (χ1n) is 2.50. The maximum atomic E-state index is 8.43. The topological polar surface area (TPSA) is 20.2 Å². The van der Waals surface area contributed by atoms with E-state index in [1.165, 1.54) is 0 Å². The van der Waals surface area contributed by atoms with Gasteiger partial charge in [-0.3, -0.25) is 0 Å². The van der Waals surface area contributed by atoms with Gasteiger partial charge in [-0.2, -0.15) is 0 Å². The standard InChI is InChI=1S/C7H10O/c1-3-4-5-7(2)6-8/h5,8H,6H2,1-2H3. The molecule has 0 saturated carbocycles. The summed E-state index contributed by atoms with van der Waals surface area (Å²) in [5, 5.41) is 8.43. The lowest BCUT2D eigenvalue weighted by atomic mass is 10.3. The van der Waals surface area contributed by atoms with E-state index in [1.807, 2.05) is 6.92 Å². The van der Waals surface area contributed by atoms with Gasteiger partial charge in [0.1, 0.15) is 0 Å². The number of hydrogen-bond acceptors (Lipinski definition) is 1. The summed E-state index contributed by atoms with van der Waals surface area (Å²) in [5.41, 5.74) is 0.902. The fourth-order valence-corrected chi connectivity index (χ4v) is 0.241. The van der Waals surface area contributed by atoms with Crippen LogP contribution >= 0.6 is 0 Å². The Kier molecular flexibility index (Phi) is 4.01. The fraction of sp³-hybridized carbons (Fsp3) is 0.429. The van der Waals surface area contributed by atoms with Crippen LogP contribution in [0.2, 0.25) is 0 Å². The van der Waals surface area contributed by atoms with E-state index in [2.05, 4.69) is 11.8 Å². The third-order valence-electron chi connectivity index (χ3n) is 0.712. The van der Waals surface area contributed by atoms with Crippen LogP contribution in [0.15, 0.2) is 11.6 Å². The number of rotatable bonds is 1. The lowest BCUT2D eigenvalue weighted by Gasteiger charge is -1.84. The van der Waals surface area contributed by atoms with Gasteiger partial charge in [0.25, 0.3) is 0 Å². The molecule has 0 aliphatic heterocycles. The summed E-state index contributed by atoms with van der Waals surface area (Å²) in [6.07, 6.45) is 1.71. The van der Waals surface area contributed by atoms with Crippen LogP contribution in [-0.2, 0) is 0 Å². The molecule has 0 unspecified atom stereocenters. The molecule has 0 aromatic heterocycles. The van der Waals surface area contributed by atoms with E-state index in [0.29, 0.717) is 0 Å². The molecule has 0 aliphatic rings. The molecule has 0 fully saturated rings. The molecule has 0 aromatic rings. The van der Waals surface area contributed by atoms with Crippen molar-refractivity contribution >= 4 is 0 Å². The second-order valence-electron chi connectivity index (χ2n) is 1.54. The first kappa shape index (κ1) is 7.26. The molecule has 44 valence electrons. The summed E-state index contributed by atoms with van der Waals surface area (Å²) < 4.78 is 0. The van der Waals surface area contributed by atoms with Gasteiger partial charge in [0.15, 0.2) is 0 Å². The average Bonchev–Trinajstić information content (AvgIpc) is 1.83. The third-order valence-corrected chi connectivity index (χ3v) is 0.712. The second-order valence-corrected chi connectivity index (χ2v) is 1.54. The summed E-state index contributed by atoms with van der Waals surface area (Å²) in [5.74, 6) is 5.42. The summed E-state index contributed by atoms with van der Waals surface area (Å²) in [7, 11) is 0. The Balaban J connectivity index is 3.69. The first-order valence-corrected chi connectivity index (χ1v) is 2.50. The lowest BCUT2D eigenvalue weighted by Crippen LogP contribution is -1.80. The van der Waals surface area contributed by atoms with Crippen molar-refractivity contribution in [2.75, 3.05) is 6.61 Å². The predicted octanol–water partition coefficient (Wildman–Crippen LogP) is 0.948. The van der Waals surface area contributed by atoms with Crippen molar-refractivity contribution in [3.8, 4) is 11.8 Å². The van der Waals surface area contributed by atoms with Crippen LogP contribution in [0.1, 0.15) is 13.8 Å². The highest BCUT2D eigenvalue weighted by Gasteiger charge is 1.77. The molecule has 0 aliphatic carbocycles. The zero-order valence-corrected chi connectivity index (χ0v) is 5.23. The third kappa shape index (κ3) is 3.45. The van der Waals surface area contributed by atoms with Gasteiger partial charge >= 0.3 is 0 Å². The quantitative estimate of drug-likeness (QED) is 0.498. The molecule has 0 rings (SSSR count). The van der Waals surface area contributed by atoms with Crippen molar-refractivity contribution < 1.29 is 5.11 Å². The summed E-state index contributed by atoms with van der Waals surface area (Å²) >= 11 is 0. The van der Waals surface area contributed by atoms with Crippen molar-refractivity contribution in [3.05, 3.63) is 11.6 Å². The van der Waals surface area contributed by atoms with Gasteiger partial charge in [-0.25, -0.2) is 0 Å². The minimum Gasteiger partial charge on any atom is -0.392 e. The van der Waals surface area contributed by atoms with Gasteiger partial charge in [-0.15, -0.1) is 5.92 Å². The van der Waals surface area contributed by atoms with Crippen LogP contribution in [0.3, 0.4) is 0 Å². The van der Waals surface area contributed by atoms with E-state index in [1.54, 1.807) is 13.0 Å². The SMILES string of the molecule is CC#CC=C(C)CO. The second kappa shape index (κ2) is 4.42. The van der Waals surface area contributed by atoms with Crippen LogP contribution < -0.4 is 0 Å². The number of allylic oxidation sites excluding steroid dienone is 1. The van der Waals surface area contributed by atoms with E-state index in [0.717, 1.165) is 5.57 Å². The Bertz CT molecular complexity index is 134. The summed E-state index contributed by atoms with van der Waals surface area (Å²) in [6, 6.07) is 0. The van der Waals surface area contributed by atoms with Crippen LogP contribution in [0.5, 0.6) is 0 Å². The van der Waals surface area contributed by atoms with Gasteiger partial charge in [-0.1, -0.05) is 5.92 Å². The van der Waals surface area contributed by atoms with E-state index >= 15 is 0 Å². The molecule has 0 heterocycles. The molecule has 0 bridgehead atoms. The van der Waals surface area contributed by atoms with E-state index in [9.17, 15) is 0 Å². The minimum absolute atomic E-state index is 0.106. The zero-order chi connectivity index (χ0) is 6.41. The summed E-state index contributed by atoms with van der Waals surface area (Å²) in [6.45, 7) is 3.71. The van der Waals surface area contributed by atoms with Crippen molar-refractivity contribution in [2.45, 2.75) is 13.8 Å². The van der Waals surface area contributed by atoms with Gasteiger partial charge in [0.05, 0.1) is 6.61 Å². The Morgan fingerprint density at radius 3 is 2.75 bits per heavy atom. The Morgan fingerprint density at radius 2 is 2.38 bits per heavy atom. The van der Waals surface area contributed by atoms with Crippen LogP contribution in [0.4, 0.5) is 0 Å².